The van der Waals surface area contributed by atoms with Crippen molar-refractivity contribution in [3.63, 3.8) is 0 Å². The molecule has 0 N–H and O–H groups in total. The monoisotopic (exact) mass is 176 g/mol. The van der Waals surface area contributed by atoms with Gasteiger partial charge in [0.1, 0.15) is 0 Å². The number of hydrogen-bond acceptors (Lipinski definition) is 0. The first-order chi connectivity index (χ1) is 4.20. The summed E-state index contributed by atoms with van der Waals surface area (Å²) in [4.78, 5) is 0. The molecule has 0 aliphatic heterocycles. The lowest BCUT2D eigenvalue weighted by Crippen LogP contribution is -1.71. The summed E-state index contributed by atoms with van der Waals surface area (Å²) in [5.41, 5.74) is 1.06. The smallest absolute Gasteiger partial charge is 0.0449 e. The number of rotatable bonds is 0. The van der Waals surface area contributed by atoms with E-state index in [-0.39, 0.29) is 7.43 Å². The van der Waals surface area contributed by atoms with E-state index in [2.05, 4.69) is 0 Å². The van der Waals surface area contributed by atoms with E-state index in [9.17, 15) is 0 Å². The van der Waals surface area contributed by atoms with Crippen molar-refractivity contribution in [1.82, 2.24) is 0 Å². The molecule has 1 aromatic rings. The van der Waals surface area contributed by atoms with Crippen LogP contribution >= 0.6 is 23.2 Å². The normalized spacial score (nSPS) is 8.70. The molecule has 0 aliphatic rings. The van der Waals surface area contributed by atoms with Crippen molar-refractivity contribution >= 4 is 23.2 Å². The second-order valence-electron chi connectivity index (χ2n) is 1.89. The van der Waals surface area contributed by atoms with Crippen molar-refractivity contribution < 1.29 is 0 Å². The van der Waals surface area contributed by atoms with E-state index in [1.165, 1.54) is 0 Å². The van der Waals surface area contributed by atoms with Crippen molar-refractivity contribution in [3.05, 3.63) is 33.8 Å². The molecule has 10 heavy (non-hydrogen) atoms. The zero-order valence-electron chi connectivity index (χ0n) is 4.99. The summed E-state index contributed by atoms with van der Waals surface area (Å²) in [5, 5.41) is 1.41. The van der Waals surface area contributed by atoms with Gasteiger partial charge in [0.25, 0.3) is 0 Å². The van der Waals surface area contributed by atoms with Crippen LogP contribution in [0.4, 0.5) is 0 Å². The fraction of sp³-hybridized carbons (Fsp3) is 0.250. The highest BCUT2D eigenvalue weighted by Gasteiger charge is 1.92. The van der Waals surface area contributed by atoms with Gasteiger partial charge in [0.05, 0.1) is 0 Å². The molecule has 56 valence electrons. The molecule has 0 atom stereocenters. The predicted molar refractivity (Wildman–Crippen MR) is 47.9 cm³/mol. The maximum Gasteiger partial charge on any atom is 0.0449 e. The largest absolute Gasteiger partial charge is 0.0843 e. The lowest BCUT2D eigenvalue weighted by molar-refractivity contribution is 1.47. The van der Waals surface area contributed by atoms with Crippen LogP contribution in [-0.4, -0.2) is 0 Å². The van der Waals surface area contributed by atoms with E-state index in [1.807, 2.05) is 19.1 Å². The molecule has 1 rings (SSSR count). The topological polar surface area (TPSA) is 0 Å². The van der Waals surface area contributed by atoms with E-state index >= 15 is 0 Å². The van der Waals surface area contributed by atoms with Crippen LogP contribution in [0.3, 0.4) is 0 Å². The van der Waals surface area contributed by atoms with Crippen molar-refractivity contribution in [1.29, 1.82) is 0 Å². The van der Waals surface area contributed by atoms with Gasteiger partial charge in [-0.2, -0.15) is 0 Å². The molecule has 0 bridgehead atoms. The molecule has 0 saturated carbocycles. The molecular formula is C8H10Cl2. The number of halogens is 2. The Bertz CT molecular complexity index is 218. The first-order valence-electron chi connectivity index (χ1n) is 2.62. The third-order valence-electron chi connectivity index (χ3n) is 1.13. The van der Waals surface area contributed by atoms with Gasteiger partial charge in [-0.15, -0.1) is 0 Å². The Morgan fingerprint density at radius 1 is 1.20 bits per heavy atom. The van der Waals surface area contributed by atoms with Gasteiger partial charge in [-0.05, 0) is 24.6 Å². The average molecular weight is 177 g/mol. The van der Waals surface area contributed by atoms with Gasteiger partial charge in [0, 0.05) is 10.0 Å². The first-order valence-corrected chi connectivity index (χ1v) is 3.37. The molecule has 0 nitrogen and oxygen atoms in total. The summed E-state index contributed by atoms with van der Waals surface area (Å²) in [6.07, 6.45) is 0. The van der Waals surface area contributed by atoms with Crippen LogP contribution < -0.4 is 0 Å². The zero-order valence-corrected chi connectivity index (χ0v) is 6.50. The third kappa shape index (κ3) is 2.20. The molecule has 0 aromatic heterocycles. The van der Waals surface area contributed by atoms with Crippen molar-refractivity contribution in [2.24, 2.45) is 0 Å². The number of hydrogen-bond donors (Lipinski definition) is 0. The van der Waals surface area contributed by atoms with Gasteiger partial charge in [0.2, 0.25) is 0 Å². The quantitative estimate of drug-likeness (QED) is 0.563. The third-order valence-corrected chi connectivity index (χ3v) is 1.78. The highest BCUT2D eigenvalue weighted by Crippen LogP contribution is 2.19. The number of aryl methyl sites for hydroxylation is 1. The van der Waals surface area contributed by atoms with E-state index in [4.69, 9.17) is 23.2 Å². The summed E-state index contributed by atoms with van der Waals surface area (Å²) in [6, 6.07) is 5.45. The van der Waals surface area contributed by atoms with Gasteiger partial charge in [0.15, 0.2) is 0 Å². The van der Waals surface area contributed by atoms with Crippen LogP contribution in [0.1, 0.15) is 13.0 Å². The van der Waals surface area contributed by atoms with Crippen molar-refractivity contribution in [2.45, 2.75) is 14.4 Å². The standard InChI is InChI=1S/C7H6Cl2.CH4/c1-5-2-3-6(8)4-7(5)9;/h2-4H,1H3;1H4. The van der Waals surface area contributed by atoms with Crippen LogP contribution in [0, 0.1) is 6.92 Å². The van der Waals surface area contributed by atoms with Crippen molar-refractivity contribution in [3.8, 4) is 0 Å². The summed E-state index contributed by atoms with van der Waals surface area (Å²) < 4.78 is 0. The van der Waals surface area contributed by atoms with Crippen LogP contribution in [0.5, 0.6) is 0 Å². The fourth-order valence-corrected chi connectivity index (χ4v) is 0.976. The minimum Gasteiger partial charge on any atom is -0.0843 e. The van der Waals surface area contributed by atoms with Crippen LogP contribution in [0.2, 0.25) is 10.0 Å². The Balaban J connectivity index is 0.000000810. The first kappa shape index (κ1) is 9.80. The lowest BCUT2D eigenvalue weighted by atomic mass is 10.2. The minimum absolute atomic E-state index is 0. The summed E-state index contributed by atoms with van der Waals surface area (Å²) >= 11 is 11.4. The highest BCUT2D eigenvalue weighted by molar-refractivity contribution is 6.35. The summed E-state index contributed by atoms with van der Waals surface area (Å²) in [7, 11) is 0. The molecule has 0 fully saturated rings. The summed E-state index contributed by atoms with van der Waals surface area (Å²) in [6.45, 7) is 1.94. The zero-order chi connectivity index (χ0) is 6.85. The molecule has 0 unspecified atom stereocenters. The Labute approximate surface area is 71.8 Å². The molecule has 0 spiro atoms. The Hall–Kier alpha value is -0.200. The lowest BCUT2D eigenvalue weighted by Gasteiger charge is -1.94. The molecular weight excluding hydrogens is 167 g/mol. The SMILES string of the molecule is C.Cc1ccc(Cl)cc1Cl. The van der Waals surface area contributed by atoms with Crippen LogP contribution in [0.15, 0.2) is 18.2 Å². The molecule has 2 heteroatoms. The van der Waals surface area contributed by atoms with Gasteiger partial charge in [-0.3, -0.25) is 0 Å². The van der Waals surface area contributed by atoms with Crippen LogP contribution in [-0.2, 0) is 0 Å². The second-order valence-corrected chi connectivity index (χ2v) is 2.74. The van der Waals surface area contributed by atoms with Gasteiger partial charge in [-0.1, -0.05) is 36.7 Å². The fourth-order valence-electron chi connectivity index (χ4n) is 0.567. The molecule has 0 aliphatic carbocycles. The molecule has 0 heterocycles. The average Bonchev–Trinajstić information content (AvgIpc) is 1.80. The van der Waals surface area contributed by atoms with E-state index in [0.717, 1.165) is 10.6 Å². The highest BCUT2D eigenvalue weighted by atomic mass is 35.5. The Morgan fingerprint density at radius 2 is 1.80 bits per heavy atom. The summed E-state index contributed by atoms with van der Waals surface area (Å²) in [5.74, 6) is 0. The Kier molecular flexibility index (Phi) is 3.77. The van der Waals surface area contributed by atoms with Crippen molar-refractivity contribution in [2.75, 3.05) is 0 Å². The van der Waals surface area contributed by atoms with E-state index < -0.39 is 0 Å². The van der Waals surface area contributed by atoms with Crippen LogP contribution in [0.25, 0.3) is 0 Å². The van der Waals surface area contributed by atoms with Gasteiger partial charge >= 0.3 is 0 Å². The Morgan fingerprint density at radius 3 is 2.20 bits per heavy atom. The van der Waals surface area contributed by atoms with E-state index in [1.54, 1.807) is 6.07 Å². The molecule has 1 aromatic carbocycles. The second kappa shape index (κ2) is 3.85. The molecule has 0 saturated heterocycles. The van der Waals surface area contributed by atoms with E-state index in [0.29, 0.717) is 5.02 Å². The number of benzene rings is 1. The maximum atomic E-state index is 5.73. The predicted octanol–water partition coefficient (Wildman–Crippen LogP) is 3.94. The molecule has 0 amide bonds. The maximum absolute atomic E-state index is 5.73. The molecule has 0 radical (unpaired) electrons. The minimum atomic E-state index is 0. The van der Waals surface area contributed by atoms with Gasteiger partial charge < -0.3 is 0 Å². The van der Waals surface area contributed by atoms with Gasteiger partial charge in [-0.25, -0.2) is 0 Å².